The van der Waals surface area contributed by atoms with Gasteiger partial charge in [-0.05, 0) is 50.7 Å². The van der Waals surface area contributed by atoms with Crippen molar-refractivity contribution in [2.45, 2.75) is 0 Å². The average molecular weight is 485 g/mol. The quantitative estimate of drug-likeness (QED) is 0.437. The number of aromatic nitrogens is 2. The van der Waals surface area contributed by atoms with Crippen molar-refractivity contribution in [2.24, 2.45) is 0 Å². The van der Waals surface area contributed by atoms with Crippen molar-refractivity contribution in [1.29, 1.82) is 0 Å². The van der Waals surface area contributed by atoms with Crippen LogP contribution in [0.1, 0.15) is 10.4 Å². The molecular formula is C16H10BrIN2O3. The van der Waals surface area contributed by atoms with Crippen molar-refractivity contribution in [1.82, 2.24) is 9.97 Å². The van der Waals surface area contributed by atoms with Gasteiger partial charge in [0.05, 0.1) is 17.1 Å². The van der Waals surface area contributed by atoms with Crippen LogP contribution < -0.4 is 0 Å². The van der Waals surface area contributed by atoms with Crippen molar-refractivity contribution in [3.05, 3.63) is 50.3 Å². The molecule has 0 amide bonds. The molecule has 2 heterocycles. The number of hydrogen-bond acceptors (Lipinski definition) is 5. The molecule has 1 aromatic carbocycles. The molecule has 1 N–H and O–H groups in total. The molecule has 116 valence electrons. The minimum atomic E-state index is -0.637. The Labute approximate surface area is 154 Å². The summed E-state index contributed by atoms with van der Waals surface area (Å²) in [6.07, 6.45) is 3.07. The first-order valence-electron chi connectivity index (χ1n) is 6.53. The van der Waals surface area contributed by atoms with E-state index >= 15 is 0 Å². The molecule has 5 nitrogen and oxygen atoms in total. The highest BCUT2D eigenvalue weighted by Crippen LogP contribution is 2.37. The lowest BCUT2D eigenvalue weighted by Crippen LogP contribution is -2.05. The van der Waals surface area contributed by atoms with E-state index in [4.69, 9.17) is 4.74 Å². The van der Waals surface area contributed by atoms with Crippen molar-refractivity contribution in [3.8, 4) is 17.0 Å². The first-order chi connectivity index (χ1) is 11.0. The van der Waals surface area contributed by atoms with Crippen LogP contribution in [0, 0.1) is 3.57 Å². The van der Waals surface area contributed by atoms with Crippen LogP contribution in [0.25, 0.3) is 22.2 Å². The molecule has 0 fully saturated rings. The van der Waals surface area contributed by atoms with Gasteiger partial charge >= 0.3 is 5.97 Å². The van der Waals surface area contributed by atoms with Gasteiger partial charge in [-0.3, -0.25) is 4.98 Å². The first kappa shape index (κ1) is 16.1. The van der Waals surface area contributed by atoms with Gasteiger partial charge in [0.15, 0.2) is 5.75 Å². The third-order valence-electron chi connectivity index (χ3n) is 3.33. The van der Waals surface area contributed by atoms with E-state index in [1.165, 1.54) is 13.3 Å². The van der Waals surface area contributed by atoms with Crippen LogP contribution in [0.4, 0.5) is 0 Å². The predicted octanol–water partition coefficient (Wildman–Crippen LogP) is 4.16. The number of aromatic hydroxyl groups is 1. The second-order valence-electron chi connectivity index (χ2n) is 4.70. The van der Waals surface area contributed by atoms with Gasteiger partial charge in [-0.25, -0.2) is 9.78 Å². The third-order valence-corrected chi connectivity index (χ3v) is 4.63. The standard InChI is InChI=1S/C16H10BrIN2O3/c1-23-16(22)12-10-6-19-7-11(17)14(10)20-13(15(12)21)8-2-4-9(18)5-3-8/h2-7,21H,1H3. The Hall–Kier alpha value is -1.74. The van der Waals surface area contributed by atoms with E-state index in [1.54, 1.807) is 6.20 Å². The summed E-state index contributed by atoms with van der Waals surface area (Å²) in [4.78, 5) is 20.7. The van der Waals surface area contributed by atoms with E-state index in [0.717, 1.165) is 3.57 Å². The van der Waals surface area contributed by atoms with Gasteiger partial charge in [-0.15, -0.1) is 0 Å². The Bertz CT molecular complexity index is 913. The van der Waals surface area contributed by atoms with Gasteiger partial charge in [0, 0.05) is 26.9 Å². The van der Waals surface area contributed by atoms with Gasteiger partial charge < -0.3 is 9.84 Å². The summed E-state index contributed by atoms with van der Waals surface area (Å²) in [5.41, 5.74) is 1.62. The molecule has 0 aliphatic carbocycles. The van der Waals surface area contributed by atoms with E-state index in [9.17, 15) is 9.90 Å². The van der Waals surface area contributed by atoms with E-state index in [-0.39, 0.29) is 11.3 Å². The molecule has 0 spiro atoms. The molecule has 0 bridgehead atoms. The van der Waals surface area contributed by atoms with Crippen LogP contribution >= 0.6 is 38.5 Å². The highest BCUT2D eigenvalue weighted by molar-refractivity contribution is 14.1. The number of halogens is 2. The second kappa shape index (κ2) is 6.40. The molecule has 7 heteroatoms. The SMILES string of the molecule is COC(=O)c1c(O)c(-c2ccc(I)cc2)nc2c(Br)cncc12. The molecule has 23 heavy (non-hydrogen) atoms. The largest absolute Gasteiger partial charge is 0.505 e. The normalized spacial score (nSPS) is 10.7. The number of fused-ring (bicyclic) bond motifs is 1. The lowest BCUT2D eigenvalue weighted by molar-refractivity contribution is 0.0600. The number of methoxy groups -OCH3 is 1. The van der Waals surface area contributed by atoms with E-state index in [2.05, 4.69) is 48.5 Å². The van der Waals surface area contributed by atoms with Crippen LogP contribution in [0.3, 0.4) is 0 Å². The van der Waals surface area contributed by atoms with Crippen LogP contribution in [0.5, 0.6) is 5.75 Å². The molecule has 3 aromatic rings. The van der Waals surface area contributed by atoms with Crippen LogP contribution in [-0.4, -0.2) is 28.2 Å². The molecule has 2 aromatic heterocycles. The maximum Gasteiger partial charge on any atom is 0.342 e. The van der Waals surface area contributed by atoms with E-state index in [1.807, 2.05) is 24.3 Å². The van der Waals surface area contributed by atoms with Crippen LogP contribution in [-0.2, 0) is 4.74 Å². The highest BCUT2D eigenvalue weighted by Gasteiger charge is 2.23. The summed E-state index contributed by atoms with van der Waals surface area (Å²) in [5, 5.41) is 11.0. The molecule has 0 saturated heterocycles. The van der Waals surface area contributed by atoms with E-state index in [0.29, 0.717) is 26.6 Å². The third kappa shape index (κ3) is 2.90. The summed E-state index contributed by atoms with van der Waals surface area (Å²) in [6.45, 7) is 0. The zero-order valence-corrected chi connectivity index (χ0v) is 15.6. The van der Waals surface area contributed by atoms with Crippen LogP contribution in [0.2, 0.25) is 0 Å². The Kier molecular flexibility index (Phi) is 4.49. The Morgan fingerprint density at radius 1 is 1.26 bits per heavy atom. The Balaban J connectivity index is 2.39. The maximum absolute atomic E-state index is 12.1. The number of carbonyl (C=O) groups excluding carboxylic acids is 1. The van der Waals surface area contributed by atoms with Crippen molar-refractivity contribution in [2.75, 3.05) is 7.11 Å². The average Bonchev–Trinajstić information content (AvgIpc) is 2.55. The van der Waals surface area contributed by atoms with Gasteiger partial charge in [0.1, 0.15) is 11.3 Å². The molecule has 0 saturated carbocycles. The van der Waals surface area contributed by atoms with E-state index < -0.39 is 5.97 Å². The smallest absolute Gasteiger partial charge is 0.342 e. The monoisotopic (exact) mass is 484 g/mol. The zero-order chi connectivity index (χ0) is 16.6. The summed E-state index contributed by atoms with van der Waals surface area (Å²) in [7, 11) is 1.27. The molecule has 0 radical (unpaired) electrons. The number of carbonyl (C=O) groups is 1. The summed E-state index contributed by atoms with van der Waals surface area (Å²) in [6, 6.07) is 7.48. The zero-order valence-electron chi connectivity index (χ0n) is 11.9. The molecule has 0 aliphatic heterocycles. The highest BCUT2D eigenvalue weighted by atomic mass is 127. The fourth-order valence-corrected chi connectivity index (χ4v) is 3.03. The van der Waals surface area contributed by atoms with Gasteiger partial charge in [-0.1, -0.05) is 12.1 Å². The number of pyridine rings is 2. The minimum absolute atomic E-state index is 0.0554. The van der Waals surface area contributed by atoms with Crippen molar-refractivity contribution < 1.29 is 14.6 Å². The summed E-state index contributed by atoms with van der Waals surface area (Å²) < 4.78 is 6.50. The second-order valence-corrected chi connectivity index (χ2v) is 6.80. The molecule has 3 rings (SSSR count). The number of hydrogen-bond donors (Lipinski definition) is 1. The van der Waals surface area contributed by atoms with Gasteiger partial charge in [0.25, 0.3) is 0 Å². The number of rotatable bonds is 2. The molecule has 0 unspecified atom stereocenters. The maximum atomic E-state index is 12.1. The van der Waals surface area contributed by atoms with Crippen molar-refractivity contribution in [3.63, 3.8) is 0 Å². The number of benzene rings is 1. The Morgan fingerprint density at radius 3 is 2.61 bits per heavy atom. The number of nitrogens with zero attached hydrogens (tertiary/aromatic N) is 2. The predicted molar refractivity (Wildman–Crippen MR) is 98.4 cm³/mol. The summed E-state index contributed by atoms with van der Waals surface area (Å²) in [5.74, 6) is -0.855. The van der Waals surface area contributed by atoms with Crippen LogP contribution in [0.15, 0.2) is 41.1 Å². The van der Waals surface area contributed by atoms with Gasteiger partial charge in [0.2, 0.25) is 0 Å². The number of esters is 1. The minimum Gasteiger partial charge on any atom is -0.505 e. The lowest BCUT2D eigenvalue weighted by atomic mass is 10.0. The fraction of sp³-hybridized carbons (Fsp3) is 0.0625. The van der Waals surface area contributed by atoms with Gasteiger partial charge in [-0.2, -0.15) is 0 Å². The first-order valence-corrected chi connectivity index (χ1v) is 8.40. The topological polar surface area (TPSA) is 72.3 Å². The summed E-state index contributed by atoms with van der Waals surface area (Å²) >= 11 is 5.58. The molecular weight excluding hydrogens is 475 g/mol. The fourth-order valence-electron chi connectivity index (χ4n) is 2.25. The van der Waals surface area contributed by atoms with Crippen molar-refractivity contribution >= 4 is 55.4 Å². The lowest BCUT2D eigenvalue weighted by Gasteiger charge is -2.12. The molecule has 0 atom stereocenters. The Morgan fingerprint density at radius 2 is 1.96 bits per heavy atom. The molecule has 0 aliphatic rings. The number of ether oxygens (including phenoxy) is 1.